The Bertz CT molecular complexity index is 555. The second-order valence-electron chi connectivity index (χ2n) is 6.43. The summed E-state index contributed by atoms with van der Waals surface area (Å²) in [5.41, 5.74) is 0.379. The van der Waals surface area contributed by atoms with Crippen molar-refractivity contribution in [3.63, 3.8) is 0 Å². The second-order valence-corrected chi connectivity index (χ2v) is 7.52. The molecule has 0 atom stereocenters. The number of likely N-dealkylation sites (tertiary alicyclic amines) is 1. The van der Waals surface area contributed by atoms with Gasteiger partial charge in [-0.1, -0.05) is 37.5 Å². The lowest BCUT2D eigenvalue weighted by Crippen LogP contribution is -2.46. The Hall–Kier alpha value is -0.860. The summed E-state index contributed by atoms with van der Waals surface area (Å²) in [4.78, 5) is 4.46. The van der Waals surface area contributed by atoms with E-state index < -0.39 is 0 Å². The topological polar surface area (TPSA) is 3.24 Å². The van der Waals surface area contributed by atoms with Crippen molar-refractivity contribution < 1.29 is 0 Å². The molecular weight excluding hydrogens is 262 g/mol. The van der Waals surface area contributed by atoms with E-state index >= 15 is 0 Å². The van der Waals surface area contributed by atoms with Crippen molar-refractivity contribution in [1.82, 2.24) is 4.90 Å². The van der Waals surface area contributed by atoms with E-state index in [0.29, 0.717) is 5.54 Å². The molecule has 1 saturated heterocycles. The van der Waals surface area contributed by atoms with Crippen molar-refractivity contribution >= 4 is 21.4 Å². The fraction of sp³-hybridized carbons (Fsp3) is 0.556. The van der Waals surface area contributed by atoms with Crippen LogP contribution in [0.5, 0.6) is 0 Å². The van der Waals surface area contributed by atoms with Gasteiger partial charge < -0.3 is 0 Å². The highest BCUT2D eigenvalue weighted by Crippen LogP contribution is 2.48. The van der Waals surface area contributed by atoms with Crippen molar-refractivity contribution in [2.24, 2.45) is 0 Å². The highest BCUT2D eigenvalue weighted by Gasteiger charge is 2.42. The summed E-state index contributed by atoms with van der Waals surface area (Å²) in [7, 11) is 0. The maximum atomic E-state index is 2.83. The number of rotatable bonds is 2. The van der Waals surface area contributed by atoms with Crippen LogP contribution in [-0.4, -0.2) is 18.0 Å². The smallest absolute Gasteiger partial charge is 0.0554 e. The van der Waals surface area contributed by atoms with Gasteiger partial charge in [-0.2, -0.15) is 0 Å². The minimum absolute atomic E-state index is 0.379. The normalized spacial score (nSPS) is 23.4. The van der Waals surface area contributed by atoms with Crippen LogP contribution in [0.2, 0.25) is 0 Å². The molecule has 106 valence electrons. The molecule has 2 aliphatic rings. The molecule has 2 heterocycles. The lowest BCUT2D eigenvalue weighted by molar-refractivity contribution is 0.0715. The first kappa shape index (κ1) is 12.8. The van der Waals surface area contributed by atoms with Crippen LogP contribution in [0.25, 0.3) is 10.1 Å². The Morgan fingerprint density at radius 1 is 0.900 bits per heavy atom. The fourth-order valence-electron chi connectivity index (χ4n) is 4.21. The lowest BCUT2D eigenvalue weighted by Gasteiger charge is -2.43. The average Bonchev–Trinajstić information content (AvgIpc) is 3.15. The van der Waals surface area contributed by atoms with Gasteiger partial charge in [0, 0.05) is 9.58 Å². The maximum Gasteiger partial charge on any atom is 0.0554 e. The SMILES string of the molecule is c1ccc2sc(C3(N4CCCCC4)CCCC3)cc2c1. The van der Waals surface area contributed by atoms with Gasteiger partial charge in [0.15, 0.2) is 0 Å². The Labute approximate surface area is 125 Å². The first-order chi connectivity index (χ1) is 9.88. The van der Waals surface area contributed by atoms with E-state index in [2.05, 4.69) is 35.2 Å². The summed E-state index contributed by atoms with van der Waals surface area (Å²) >= 11 is 2.05. The third kappa shape index (κ3) is 2.01. The summed E-state index contributed by atoms with van der Waals surface area (Å²) in [6.45, 7) is 2.63. The molecule has 1 aliphatic heterocycles. The molecule has 0 N–H and O–H groups in total. The molecule has 2 aromatic rings. The summed E-state index contributed by atoms with van der Waals surface area (Å²) in [6, 6.07) is 11.4. The molecule has 0 bridgehead atoms. The Kier molecular flexibility index (Phi) is 3.31. The van der Waals surface area contributed by atoms with Crippen LogP contribution >= 0.6 is 11.3 Å². The number of piperidine rings is 1. The van der Waals surface area contributed by atoms with Crippen LogP contribution in [-0.2, 0) is 5.54 Å². The summed E-state index contributed by atoms with van der Waals surface area (Å²) in [5, 5.41) is 1.44. The molecular formula is C18H23NS. The molecule has 0 amide bonds. The third-order valence-corrected chi connectivity index (χ3v) is 6.59. The van der Waals surface area contributed by atoms with Crippen LogP contribution < -0.4 is 0 Å². The average molecular weight is 285 g/mol. The molecule has 1 saturated carbocycles. The number of thiophene rings is 1. The summed E-state index contributed by atoms with van der Waals surface area (Å²) in [5.74, 6) is 0. The summed E-state index contributed by atoms with van der Waals surface area (Å²) in [6.07, 6.45) is 9.79. The van der Waals surface area contributed by atoms with Crippen molar-refractivity contribution in [2.45, 2.75) is 50.5 Å². The van der Waals surface area contributed by atoms with E-state index in [1.807, 2.05) is 11.3 Å². The molecule has 2 heteroatoms. The number of benzene rings is 1. The van der Waals surface area contributed by atoms with Gasteiger partial charge >= 0.3 is 0 Å². The zero-order chi connectivity index (χ0) is 13.4. The van der Waals surface area contributed by atoms with E-state index in [0.717, 1.165) is 0 Å². The number of nitrogens with zero attached hydrogens (tertiary/aromatic N) is 1. The Balaban J connectivity index is 1.77. The largest absolute Gasteiger partial charge is 0.293 e. The molecule has 0 radical (unpaired) electrons. The third-order valence-electron chi connectivity index (χ3n) is 5.28. The quantitative estimate of drug-likeness (QED) is 0.737. The van der Waals surface area contributed by atoms with Gasteiger partial charge in [0.25, 0.3) is 0 Å². The van der Waals surface area contributed by atoms with Crippen molar-refractivity contribution in [2.75, 3.05) is 13.1 Å². The monoisotopic (exact) mass is 285 g/mol. The maximum absolute atomic E-state index is 2.83. The second kappa shape index (κ2) is 5.16. The number of hydrogen-bond acceptors (Lipinski definition) is 2. The number of hydrogen-bond donors (Lipinski definition) is 0. The molecule has 1 aromatic heterocycles. The van der Waals surface area contributed by atoms with E-state index in [4.69, 9.17) is 0 Å². The van der Waals surface area contributed by atoms with E-state index in [1.165, 1.54) is 68.1 Å². The molecule has 1 nitrogen and oxygen atoms in total. The zero-order valence-electron chi connectivity index (χ0n) is 12.1. The van der Waals surface area contributed by atoms with E-state index in [1.54, 1.807) is 4.88 Å². The predicted molar refractivity (Wildman–Crippen MR) is 87.4 cm³/mol. The molecule has 0 unspecified atom stereocenters. The first-order valence-corrected chi connectivity index (χ1v) is 8.94. The molecule has 2 fully saturated rings. The first-order valence-electron chi connectivity index (χ1n) is 8.13. The molecule has 1 aromatic carbocycles. The zero-order valence-corrected chi connectivity index (χ0v) is 12.9. The van der Waals surface area contributed by atoms with Crippen molar-refractivity contribution in [3.05, 3.63) is 35.2 Å². The van der Waals surface area contributed by atoms with Gasteiger partial charge in [-0.15, -0.1) is 11.3 Å². The lowest BCUT2D eigenvalue weighted by atomic mass is 9.90. The van der Waals surface area contributed by atoms with Gasteiger partial charge in [0.2, 0.25) is 0 Å². The highest BCUT2D eigenvalue weighted by molar-refractivity contribution is 7.19. The standard InChI is InChI=1S/C18H23NS/c1-6-12-19(13-7-1)18(10-4-5-11-18)17-14-15-8-2-3-9-16(15)20-17/h2-3,8-9,14H,1,4-7,10-13H2. The van der Waals surface area contributed by atoms with Crippen LogP contribution in [0.3, 0.4) is 0 Å². The molecule has 4 rings (SSSR count). The van der Waals surface area contributed by atoms with Crippen LogP contribution in [0, 0.1) is 0 Å². The number of fused-ring (bicyclic) bond motifs is 1. The summed E-state index contributed by atoms with van der Waals surface area (Å²) < 4.78 is 1.46. The minimum Gasteiger partial charge on any atom is -0.293 e. The van der Waals surface area contributed by atoms with Gasteiger partial charge in [-0.05, 0) is 56.3 Å². The molecule has 20 heavy (non-hydrogen) atoms. The fourth-order valence-corrected chi connectivity index (χ4v) is 5.55. The van der Waals surface area contributed by atoms with Crippen molar-refractivity contribution in [3.8, 4) is 0 Å². The van der Waals surface area contributed by atoms with Crippen LogP contribution in [0.15, 0.2) is 30.3 Å². The molecule has 0 spiro atoms. The minimum atomic E-state index is 0.379. The predicted octanol–water partition coefficient (Wildman–Crippen LogP) is 5.16. The van der Waals surface area contributed by atoms with E-state index in [-0.39, 0.29) is 0 Å². The Morgan fingerprint density at radius 2 is 1.65 bits per heavy atom. The van der Waals surface area contributed by atoms with Crippen LogP contribution in [0.4, 0.5) is 0 Å². The van der Waals surface area contributed by atoms with Crippen LogP contribution in [0.1, 0.15) is 49.8 Å². The highest BCUT2D eigenvalue weighted by atomic mass is 32.1. The van der Waals surface area contributed by atoms with E-state index in [9.17, 15) is 0 Å². The Morgan fingerprint density at radius 3 is 2.40 bits per heavy atom. The van der Waals surface area contributed by atoms with Gasteiger partial charge in [-0.25, -0.2) is 0 Å². The van der Waals surface area contributed by atoms with Gasteiger partial charge in [-0.3, -0.25) is 4.90 Å². The van der Waals surface area contributed by atoms with Gasteiger partial charge in [0.05, 0.1) is 5.54 Å². The van der Waals surface area contributed by atoms with Crippen molar-refractivity contribution in [1.29, 1.82) is 0 Å². The van der Waals surface area contributed by atoms with Gasteiger partial charge in [0.1, 0.15) is 0 Å². The molecule has 1 aliphatic carbocycles.